The Kier molecular flexibility index (Phi) is 4.28. The third-order valence-corrected chi connectivity index (χ3v) is 5.22. The van der Waals surface area contributed by atoms with Gasteiger partial charge in [0.05, 0.1) is 18.4 Å². The molecule has 124 valence electrons. The smallest absolute Gasteiger partial charge is 0.311 e. The lowest BCUT2D eigenvalue weighted by molar-refractivity contribution is -0.149. The number of hydrogen-bond acceptors (Lipinski definition) is 3. The summed E-state index contributed by atoms with van der Waals surface area (Å²) in [7, 11) is 0. The molecule has 0 spiro atoms. The Balaban J connectivity index is 1.53. The van der Waals surface area contributed by atoms with Crippen LogP contribution in [-0.2, 0) is 9.59 Å². The van der Waals surface area contributed by atoms with Crippen molar-refractivity contribution in [2.45, 2.75) is 32.6 Å². The van der Waals surface area contributed by atoms with Crippen molar-refractivity contribution in [1.29, 1.82) is 0 Å². The summed E-state index contributed by atoms with van der Waals surface area (Å²) in [5.41, 5.74) is 0.414. The van der Waals surface area contributed by atoms with Crippen LogP contribution in [0.25, 0.3) is 0 Å². The number of aliphatic carboxylic acids is 1. The van der Waals surface area contributed by atoms with E-state index in [-0.39, 0.29) is 18.2 Å². The summed E-state index contributed by atoms with van der Waals surface area (Å²) in [4.78, 5) is 25.7. The zero-order valence-corrected chi connectivity index (χ0v) is 13.5. The number of carboxylic acid groups (broad SMARTS) is 1. The summed E-state index contributed by atoms with van der Waals surface area (Å²) in [6, 6.07) is 7.72. The summed E-state index contributed by atoms with van der Waals surface area (Å²) in [5.74, 6) is 0.124. The number of amides is 1. The molecule has 1 aromatic carbocycles. The molecule has 5 heteroatoms. The Labute approximate surface area is 136 Å². The van der Waals surface area contributed by atoms with Crippen molar-refractivity contribution in [3.05, 3.63) is 29.8 Å². The molecule has 23 heavy (non-hydrogen) atoms. The van der Waals surface area contributed by atoms with Gasteiger partial charge in [-0.2, -0.15) is 0 Å². The molecule has 1 heterocycles. The van der Waals surface area contributed by atoms with Crippen molar-refractivity contribution in [2.24, 2.45) is 11.3 Å². The number of carboxylic acids is 1. The Hall–Kier alpha value is -2.04. The van der Waals surface area contributed by atoms with Gasteiger partial charge in [-0.3, -0.25) is 9.59 Å². The first-order valence-electron chi connectivity index (χ1n) is 8.22. The molecule has 0 unspecified atom stereocenters. The number of aryl methyl sites for hydroxylation is 1. The molecule has 1 aromatic rings. The normalized spacial score (nSPS) is 26.1. The molecule has 1 saturated carbocycles. The molecule has 1 saturated heterocycles. The number of benzene rings is 1. The predicted molar refractivity (Wildman–Crippen MR) is 85.3 cm³/mol. The molecule has 1 aliphatic carbocycles. The molecule has 1 amide bonds. The number of ether oxygens (including phenoxy) is 1. The van der Waals surface area contributed by atoms with Crippen LogP contribution in [0.4, 0.5) is 0 Å². The summed E-state index contributed by atoms with van der Waals surface area (Å²) >= 11 is 0. The second-order valence-corrected chi connectivity index (χ2v) is 6.74. The molecular formula is C18H23NO4. The van der Waals surface area contributed by atoms with Gasteiger partial charge in [-0.05, 0) is 43.4 Å². The highest BCUT2D eigenvalue weighted by molar-refractivity contribution is 5.81. The van der Waals surface area contributed by atoms with Gasteiger partial charge in [-0.15, -0.1) is 0 Å². The van der Waals surface area contributed by atoms with Crippen LogP contribution in [0, 0.1) is 18.3 Å². The summed E-state index contributed by atoms with van der Waals surface area (Å²) in [6.07, 6.45) is 2.85. The zero-order chi connectivity index (χ0) is 16.4. The largest absolute Gasteiger partial charge is 0.493 e. The van der Waals surface area contributed by atoms with Crippen LogP contribution in [0.3, 0.4) is 0 Å². The molecular weight excluding hydrogens is 294 g/mol. The molecule has 2 fully saturated rings. The standard InChI is InChI=1S/C18H23NO4/c1-13-4-2-6-15(10-13)23-9-7-16(20)19-11-14-5-3-8-18(14,12-19)17(21)22/h2,4,6,10,14H,3,5,7-9,11-12H2,1H3,(H,21,22)/t14-,18+/m0/s1. The Morgan fingerprint density at radius 3 is 2.96 bits per heavy atom. The molecule has 0 bridgehead atoms. The van der Waals surface area contributed by atoms with E-state index < -0.39 is 11.4 Å². The fourth-order valence-corrected chi connectivity index (χ4v) is 3.95. The van der Waals surface area contributed by atoms with Gasteiger partial charge in [-0.1, -0.05) is 18.6 Å². The summed E-state index contributed by atoms with van der Waals surface area (Å²) in [6.45, 7) is 3.25. The van der Waals surface area contributed by atoms with E-state index in [2.05, 4.69) is 0 Å². The van der Waals surface area contributed by atoms with Crippen molar-refractivity contribution >= 4 is 11.9 Å². The molecule has 1 aliphatic heterocycles. The zero-order valence-electron chi connectivity index (χ0n) is 13.5. The van der Waals surface area contributed by atoms with Gasteiger partial charge >= 0.3 is 5.97 Å². The third kappa shape index (κ3) is 3.05. The minimum absolute atomic E-state index is 0.00678. The highest BCUT2D eigenvalue weighted by Gasteiger charge is 2.55. The lowest BCUT2D eigenvalue weighted by Crippen LogP contribution is -2.37. The van der Waals surface area contributed by atoms with E-state index in [4.69, 9.17) is 4.74 Å². The van der Waals surface area contributed by atoms with E-state index in [9.17, 15) is 14.7 Å². The molecule has 2 aliphatic rings. The van der Waals surface area contributed by atoms with Crippen LogP contribution in [0.5, 0.6) is 5.75 Å². The maximum atomic E-state index is 12.4. The van der Waals surface area contributed by atoms with Crippen molar-refractivity contribution in [3.8, 4) is 5.75 Å². The number of hydrogen-bond donors (Lipinski definition) is 1. The molecule has 2 atom stereocenters. The minimum Gasteiger partial charge on any atom is -0.493 e. The van der Waals surface area contributed by atoms with Crippen molar-refractivity contribution in [2.75, 3.05) is 19.7 Å². The van der Waals surface area contributed by atoms with E-state index in [0.717, 1.165) is 24.2 Å². The highest BCUT2D eigenvalue weighted by atomic mass is 16.5. The first-order valence-corrected chi connectivity index (χ1v) is 8.22. The third-order valence-electron chi connectivity index (χ3n) is 5.22. The average molecular weight is 317 g/mol. The predicted octanol–water partition coefficient (Wildman–Crippen LogP) is 2.48. The lowest BCUT2D eigenvalue weighted by Gasteiger charge is -2.23. The quantitative estimate of drug-likeness (QED) is 0.906. The number of likely N-dealkylation sites (tertiary alicyclic amines) is 1. The summed E-state index contributed by atoms with van der Waals surface area (Å²) in [5, 5.41) is 9.56. The van der Waals surface area contributed by atoms with Crippen LogP contribution in [0.15, 0.2) is 24.3 Å². The van der Waals surface area contributed by atoms with E-state index in [1.165, 1.54) is 0 Å². The number of nitrogens with zero attached hydrogens (tertiary/aromatic N) is 1. The highest BCUT2D eigenvalue weighted by Crippen LogP contribution is 2.48. The molecule has 0 aromatic heterocycles. The maximum Gasteiger partial charge on any atom is 0.311 e. The second-order valence-electron chi connectivity index (χ2n) is 6.74. The number of carbonyl (C=O) groups excluding carboxylic acids is 1. The van der Waals surface area contributed by atoms with E-state index in [1.807, 2.05) is 31.2 Å². The van der Waals surface area contributed by atoms with Crippen molar-refractivity contribution < 1.29 is 19.4 Å². The van der Waals surface area contributed by atoms with Crippen LogP contribution in [0.1, 0.15) is 31.2 Å². The first kappa shape index (κ1) is 15.8. The Bertz CT molecular complexity index is 615. The molecule has 1 N–H and O–H groups in total. The Morgan fingerprint density at radius 2 is 2.26 bits per heavy atom. The van der Waals surface area contributed by atoms with E-state index >= 15 is 0 Å². The second kappa shape index (κ2) is 6.22. The van der Waals surface area contributed by atoms with Gasteiger partial charge in [-0.25, -0.2) is 0 Å². The topological polar surface area (TPSA) is 66.8 Å². The lowest BCUT2D eigenvalue weighted by atomic mass is 9.81. The molecule has 5 nitrogen and oxygen atoms in total. The number of carbonyl (C=O) groups is 2. The van der Waals surface area contributed by atoms with Crippen LogP contribution in [0.2, 0.25) is 0 Å². The van der Waals surface area contributed by atoms with Crippen LogP contribution < -0.4 is 4.74 Å². The van der Waals surface area contributed by atoms with Gasteiger partial charge in [0, 0.05) is 13.1 Å². The van der Waals surface area contributed by atoms with E-state index in [1.54, 1.807) is 4.90 Å². The van der Waals surface area contributed by atoms with Gasteiger partial charge in [0.15, 0.2) is 0 Å². The van der Waals surface area contributed by atoms with E-state index in [0.29, 0.717) is 26.1 Å². The van der Waals surface area contributed by atoms with Crippen LogP contribution in [-0.4, -0.2) is 41.6 Å². The SMILES string of the molecule is Cc1cccc(OCCC(=O)N2C[C@@H]3CCC[C@@]3(C(=O)O)C2)c1. The monoisotopic (exact) mass is 317 g/mol. The maximum absolute atomic E-state index is 12.4. The fraction of sp³-hybridized carbons (Fsp3) is 0.556. The van der Waals surface area contributed by atoms with Gasteiger partial charge in [0.2, 0.25) is 5.91 Å². The first-order chi connectivity index (χ1) is 11.0. The van der Waals surface area contributed by atoms with Gasteiger partial charge in [0.25, 0.3) is 0 Å². The molecule has 3 rings (SSSR count). The Morgan fingerprint density at radius 1 is 1.43 bits per heavy atom. The average Bonchev–Trinajstić information content (AvgIpc) is 3.05. The summed E-state index contributed by atoms with van der Waals surface area (Å²) < 4.78 is 5.62. The van der Waals surface area contributed by atoms with Crippen molar-refractivity contribution in [1.82, 2.24) is 4.90 Å². The molecule has 0 radical (unpaired) electrons. The van der Waals surface area contributed by atoms with Crippen molar-refractivity contribution in [3.63, 3.8) is 0 Å². The minimum atomic E-state index is -0.744. The van der Waals surface area contributed by atoms with Gasteiger partial charge < -0.3 is 14.7 Å². The fourth-order valence-electron chi connectivity index (χ4n) is 3.95. The van der Waals surface area contributed by atoms with Gasteiger partial charge in [0.1, 0.15) is 5.75 Å². The number of fused-ring (bicyclic) bond motifs is 1. The van der Waals surface area contributed by atoms with Crippen LogP contribution >= 0.6 is 0 Å². The number of rotatable bonds is 5.